The van der Waals surface area contributed by atoms with Crippen LogP contribution in [0.3, 0.4) is 0 Å². The Balaban J connectivity index is 1.33. The van der Waals surface area contributed by atoms with Crippen molar-refractivity contribution in [2.75, 3.05) is 62.9 Å². The Bertz CT molecular complexity index is 1630. The van der Waals surface area contributed by atoms with E-state index in [1.165, 1.54) is 42.6 Å². The summed E-state index contributed by atoms with van der Waals surface area (Å²) in [7, 11) is 4.93. The molecule has 0 radical (unpaired) electrons. The molecule has 4 aromatic rings. The number of carbonyl (C=O) groups excluding carboxylic acids is 2. The van der Waals surface area contributed by atoms with Crippen LogP contribution in [0.1, 0.15) is 21.5 Å². The first-order chi connectivity index (χ1) is 20.5. The number of fused-ring (bicyclic) bond motifs is 1. The van der Waals surface area contributed by atoms with Gasteiger partial charge in [0.1, 0.15) is 23.5 Å². The molecule has 0 saturated carbocycles. The minimum Gasteiger partial charge on any atom is -0.497 e. The van der Waals surface area contributed by atoms with Crippen LogP contribution in [-0.4, -0.2) is 84.1 Å². The first-order valence-electron chi connectivity index (χ1n) is 13.5. The monoisotopic (exact) mass is 596 g/mol. The molecule has 5 rings (SSSR count). The highest BCUT2D eigenvalue weighted by Crippen LogP contribution is 2.34. The summed E-state index contributed by atoms with van der Waals surface area (Å²) in [6.45, 7) is 3.02. The van der Waals surface area contributed by atoms with Gasteiger partial charge in [-0.15, -0.1) is 0 Å². The second-order valence-electron chi connectivity index (χ2n) is 10.3. The van der Waals surface area contributed by atoms with E-state index in [4.69, 9.17) is 4.74 Å². The number of H-pyrrole nitrogens is 1. The number of likely N-dealkylation sites (N-methyl/N-ethyl adjacent to an activating group) is 1. The van der Waals surface area contributed by atoms with Gasteiger partial charge in [-0.25, -0.2) is 14.8 Å². The molecule has 3 N–H and O–H groups in total. The smallest absolute Gasteiger partial charge is 0.416 e. The molecule has 43 heavy (non-hydrogen) atoms. The van der Waals surface area contributed by atoms with Crippen LogP contribution in [-0.2, 0) is 12.7 Å². The summed E-state index contributed by atoms with van der Waals surface area (Å²) in [6, 6.07) is 9.36. The van der Waals surface area contributed by atoms with Gasteiger partial charge in [0.2, 0.25) is 0 Å². The number of nitrogens with zero attached hydrogens (tertiary/aromatic N) is 5. The minimum atomic E-state index is -4.63. The third-order valence-corrected chi connectivity index (χ3v) is 7.27. The van der Waals surface area contributed by atoms with Gasteiger partial charge in [0.15, 0.2) is 0 Å². The fraction of sp³-hybridized carbons (Fsp3) is 0.310. The van der Waals surface area contributed by atoms with Crippen molar-refractivity contribution < 1.29 is 27.5 Å². The lowest BCUT2D eigenvalue weighted by Gasteiger charge is -2.33. The van der Waals surface area contributed by atoms with Gasteiger partial charge in [0.25, 0.3) is 5.91 Å². The Labute approximate surface area is 245 Å². The molecule has 11 nitrogen and oxygen atoms in total. The summed E-state index contributed by atoms with van der Waals surface area (Å²) < 4.78 is 47.4. The second-order valence-corrected chi connectivity index (χ2v) is 10.3. The van der Waals surface area contributed by atoms with Gasteiger partial charge < -0.3 is 25.3 Å². The number of aromatic amines is 1. The molecule has 2 aromatic carbocycles. The number of rotatable bonds is 7. The van der Waals surface area contributed by atoms with Crippen molar-refractivity contribution in [2.24, 2.45) is 0 Å². The molecule has 0 spiro atoms. The fourth-order valence-corrected chi connectivity index (χ4v) is 4.86. The molecule has 3 heterocycles. The van der Waals surface area contributed by atoms with Crippen molar-refractivity contribution >= 4 is 40.2 Å². The predicted octanol–water partition coefficient (Wildman–Crippen LogP) is 4.65. The number of piperazine rings is 1. The summed E-state index contributed by atoms with van der Waals surface area (Å²) in [5.74, 6) is -0.0591. The molecule has 226 valence electrons. The van der Waals surface area contributed by atoms with Gasteiger partial charge in [-0.1, -0.05) is 6.07 Å². The predicted molar refractivity (Wildman–Crippen MR) is 156 cm³/mol. The van der Waals surface area contributed by atoms with Crippen LogP contribution in [0.5, 0.6) is 5.75 Å². The Morgan fingerprint density at radius 2 is 1.74 bits per heavy atom. The quantitative estimate of drug-likeness (QED) is 0.284. The largest absolute Gasteiger partial charge is 0.497 e. The Hall–Kier alpha value is -4.69. The second kappa shape index (κ2) is 12.3. The number of hydrogen-bond acceptors (Lipinski definition) is 7. The zero-order valence-corrected chi connectivity index (χ0v) is 23.8. The van der Waals surface area contributed by atoms with Crippen LogP contribution >= 0.6 is 0 Å². The fourth-order valence-electron chi connectivity index (χ4n) is 4.86. The molecular weight excluding hydrogens is 565 g/mol. The highest BCUT2D eigenvalue weighted by Gasteiger charge is 2.34. The summed E-state index contributed by atoms with van der Waals surface area (Å²) in [5.41, 5.74) is 0.183. The molecule has 2 aromatic heterocycles. The van der Waals surface area contributed by atoms with Gasteiger partial charge in [-0.2, -0.15) is 13.2 Å². The summed E-state index contributed by atoms with van der Waals surface area (Å²) >= 11 is 0. The Morgan fingerprint density at radius 1 is 1.02 bits per heavy atom. The number of nitrogens with one attached hydrogen (secondary N) is 3. The standard InChI is InChI=1S/C29H31F3N8O3/c1-38-8-10-40(11-9-38)16-19-5-4-18(12-24(19)29(30,31)32)27(41)36-20-13-21(15-22(14-20)43-3)37-28(42)39(2)26-23-6-7-33-25(23)34-17-35-26/h4-7,12-15,17H,8-11,16H2,1-3H3,(H,36,41)(H,37,42)(H,33,34,35). The van der Waals surface area contributed by atoms with Gasteiger partial charge in [0, 0.05) is 75.0 Å². The van der Waals surface area contributed by atoms with E-state index in [2.05, 4.69) is 30.5 Å². The van der Waals surface area contributed by atoms with Gasteiger partial charge in [-0.3, -0.25) is 14.6 Å². The van der Waals surface area contributed by atoms with E-state index in [1.807, 2.05) is 11.9 Å². The third-order valence-electron chi connectivity index (χ3n) is 7.27. The van der Waals surface area contributed by atoms with Crippen molar-refractivity contribution in [2.45, 2.75) is 12.7 Å². The van der Waals surface area contributed by atoms with Crippen LogP contribution in [0.4, 0.5) is 35.2 Å². The van der Waals surface area contributed by atoms with Crippen molar-refractivity contribution in [1.82, 2.24) is 24.8 Å². The van der Waals surface area contributed by atoms with E-state index in [0.717, 1.165) is 19.2 Å². The average molecular weight is 597 g/mol. The molecule has 3 amide bonds. The summed E-state index contributed by atoms with van der Waals surface area (Å²) in [5, 5.41) is 6.00. The van der Waals surface area contributed by atoms with Crippen molar-refractivity contribution in [3.05, 3.63) is 71.7 Å². The molecule has 1 aliphatic heterocycles. The molecule has 0 unspecified atom stereocenters. The van der Waals surface area contributed by atoms with E-state index in [0.29, 0.717) is 35.7 Å². The number of hydrogen-bond donors (Lipinski definition) is 3. The molecule has 0 atom stereocenters. The average Bonchev–Trinajstić information content (AvgIpc) is 3.46. The van der Waals surface area contributed by atoms with Crippen LogP contribution in [0.15, 0.2) is 55.0 Å². The third kappa shape index (κ3) is 6.87. The molecule has 1 fully saturated rings. The van der Waals surface area contributed by atoms with E-state index in [1.54, 1.807) is 25.4 Å². The minimum absolute atomic E-state index is 0.115. The topological polar surface area (TPSA) is 119 Å². The van der Waals surface area contributed by atoms with Crippen LogP contribution in [0, 0.1) is 0 Å². The molecule has 1 saturated heterocycles. The molecule has 0 bridgehead atoms. The highest BCUT2D eigenvalue weighted by atomic mass is 19.4. The van der Waals surface area contributed by atoms with Crippen molar-refractivity contribution in [3.63, 3.8) is 0 Å². The van der Waals surface area contributed by atoms with Crippen LogP contribution < -0.4 is 20.3 Å². The molecule has 0 aliphatic carbocycles. The first-order valence-corrected chi connectivity index (χ1v) is 13.5. The maximum Gasteiger partial charge on any atom is 0.416 e. The lowest BCUT2D eigenvalue weighted by molar-refractivity contribution is -0.138. The van der Waals surface area contributed by atoms with Gasteiger partial charge >= 0.3 is 12.2 Å². The lowest BCUT2D eigenvalue weighted by Crippen LogP contribution is -2.44. The number of methoxy groups -OCH3 is 1. The van der Waals surface area contributed by atoms with Crippen LogP contribution in [0.25, 0.3) is 11.0 Å². The van der Waals surface area contributed by atoms with Gasteiger partial charge in [0.05, 0.1) is 18.1 Å². The number of urea groups is 1. The Kier molecular flexibility index (Phi) is 8.50. The zero-order valence-electron chi connectivity index (χ0n) is 23.8. The molecular formula is C29H31F3N8O3. The Morgan fingerprint density at radius 3 is 2.44 bits per heavy atom. The normalized spacial score (nSPS) is 14.5. The van der Waals surface area contributed by atoms with Crippen molar-refractivity contribution in [1.29, 1.82) is 0 Å². The summed E-state index contributed by atoms with van der Waals surface area (Å²) in [6.07, 6.45) is -1.61. The maximum atomic E-state index is 14.0. The zero-order chi connectivity index (χ0) is 30.7. The summed E-state index contributed by atoms with van der Waals surface area (Å²) in [4.78, 5) is 42.8. The number of benzene rings is 2. The number of aromatic nitrogens is 3. The number of halogens is 3. The van der Waals surface area contributed by atoms with Gasteiger partial charge in [-0.05, 0) is 36.9 Å². The number of amides is 3. The number of anilines is 3. The lowest BCUT2D eigenvalue weighted by atomic mass is 10.0. The van der Waals surface area contributed by atoms with E-state index < -0.39 is 23.7 Å². The number of carbonyl (C=O) groups is 2. The maximum absolute atomic E-state index is 14.0. The van der Waals surface area contributed by atoms with E-state index in [9.17, 15) is 22.8 Å². The molecule has 1 aliphatic rings. The SMILES string of the molecule is COc1cc(NC(=O)c2ccc(CN3CCN(C)CC3)c(C(F)(F)F)c2)cc(NC(=O)N(C)c2ncnc3[nH]ccc23)c1. The molecule has 14 heteroatoms. The highest BCUT2D eigenvalue weighted by molar-refractivity contribution is 6.07. The van der Waals surface area contributed by atoms with Crippen molar-refractivity contribution in [3.8, 4) is 5.75 Å². The first kappa shape index (κ1) is 29.8. The van der Waals surface area contributed by atoms with E-state index in [-0.39, 0.29) is 29.0 Å². The number of alkyl halides is 3. The van der Waals surface area contributed by atoms with Crippen LogP contribution in [0.2, 0.25) is 0 Å². The number of ether oxygens (including phenoxy) is 1. The van der Waals surface area contributed by atoms with E-state index >= 15 is 0 Å².